The minimum absolute atomic E-state index is 0.0657. The van der Waals surface area contributed by atoms with Crippen LogP contribution in [0.4, 0.5) is 5.69 Å². The number of oxime groups is 1. The summed E-state index contributed by atoms with van der Waals surface area (Å²) in [5.74, 6) is -0.398. The van der Waals surface area contributed by atoms with Gasteiger partial charge in [-0.2, -0.15) is 4.31 Å². The maximum atomic E-state index is 12.8. The molecule has 0 aromatic heterocycles. The number of carbonyl (C=O) groups excluding carboxylic acids is 1. The summed E-state index contributed by atoms with van der Waals surface area (Å²) in [4.78, 5) is 17.0. The highest BCUT2D eigenvalue weighted by atomic mass is 35.5. The third-order valence-electron chi connectivity index (χ3n) is 4.23. The molecule has 0 spiro atoms. The molecule has 2 aromatic rings. The fourth-order valence-corrected chi connectivity index (χ4v) is 4.63. The fourth-order valence-electron chi connectivity index (χ4n) is 2.72. The second-order valence-corrected chi connectivity index (χ2v) is 8.64. The molecule has 0 saturated carbocycles. The molecule has 0 atom stereocenters. The van der Waals surface area contributed by atoms with Crippen molar-refractivity contribution in [3.8, 4) is 0 Å². The van der Waals surface area contributed by atoms with Crippen LogP contribution in [0.2, 0.25) is 5.02 Å². The van der Waals surface area contributed by atoms with Gasteiger partial charge in [0.25, 0.3) is 5.91 Å². The van der Waals surface area contributed by atoms with Gasteiger partial charge >= 0.3 is 0 Å². The predicted octanol–water partition coefficient (Wildman–Crippen LogP) is 1.64. The van der Waals surface area contributed by atoms with Crippen LogP contribution in [0, 0.1) is 0 Å². The van der Waals surface area contributed by atoms with Gasteiger partial charge in [-0.1, -0.05) is 47.1 Å². The van der Waals surface area contributed by atoms with Crippen LogP contribution >= 0.6 is 11.6 Å². The third-order valence-corrected chi connectivity index (χ3v) is 6.61. The van der Waals surface area contributed by atoms with Crippen molar-refractivity contribution in [3.63, 3.8) is 0 Å². The largest absolute Gasteiger partial charge is 0.384 e. The van der Waals surface area contributed by atoms with Crippen molar-refractivity contribution in [1.82, 2.24) is 4.31 Å². The van der Waals surface area contributed by atoms with Gasteiger partial charge in [-0.25, -0.2) is 8.42 Å². The van der Waals surface area contributed by atoms with Gasteiger partial charge in [0.1, 0.15) is 4.90 Å². The number of morpholine rings is 1. The zero-order valence-electron chi connectivity index (χ0n) is 16.0. The minimum Gasteiger partial charge on any atom is -0.384 e. The first-order chi connectivity index (χ1) is 14.4. The molecule has 11 heteroatoms. The van der Waals surface area contributed by atoms with E-state index in [0.29, 0.717) is 18.8 Å². The molecule has 0 unspecified atom stereocenters. The van der Waals surface area contributed by atoms with E-state index in [1.54, 1.807) is 24.3 Å². The van der Waals surface area contributed by atoms with Crippen molar-refractivity contribution in [2.75, 3.05) is 38.2 Å². The second kappa shape index (κ2) is 9.90. The Labute approximate surface area is 179 Å². The quantitative estimate of drug-likeness (QED) is 0.374. The van der Waals surface area contributed by atoms with Crippen molar-refractivity contribution in [2.24, 2.45) is 10.9 Å². The standard InChI is InChI=1S/C19H21ClN4O5S/c20-16-7-6-15(12-17(16)30(26,27)24-8-10-28-11-9-24)22-18(25)13-29-23-19(21)14-4-2-1-3-5-14/h1-7,12H,8-11,13H2,(H2,21,23)(H,22,25). The Kier molecular flexibility index (Phi) is 7.27. The molecular formula is C19H21ClN4O5S. The number of amidine groups is 1. The van der Waals surface area contributed by atoms with Crippen molar-refractivity contribution < 1.29 is 22.8 Å². The Morgan fingerprint density at radius 2 is 1.90 bits per heavy atom. The van der Waals surface area contributed by atoms with Crippen LogP contribution in [0.1, 0.15) is 5.56 Å². The summed E-state index contributed by atoms with van der Waals surface area (Å²) >= 11 is 6.11. The molecule has 160 valence electrons. The number of halogens is 1. The lowest BCUT2D eigenvalue weighted by Gasteiger charge is -2.26. The Morgan fingerprint density at radius 3 is 2.60 bits per heavy atom. The number of sulfonamides is 1. The molecule has 0 radical (unpaired) electrons. The lowest BCUT2D eigenvalue weighted by Crippen LogP contribution is -2.40. The Bertz CT molecular complexity index is 1020. The van der Waals surface area contributed by atoms with E-state index >= 15 is 0 Å². The van der Waals surface area contributed by atoms with E-state index in [4.69, 9.17) is 26.9 Å². The summed E-state index contributed by atoms with van der Waals surface area (Å²) in [6.07, 6.45) is 0. The van der Waals surface area contributed by atoms with Crippen LogP contribution < -0.4 is 11.1 Å². The molecule has 0 bridgehead atoms. The smallest absolute Gasteiger partial charge is 0.265 e. The maximum Gasteiger partial charge on any atom is 0.265 e. The highest BCUT2D eigenvalue weighted by Crippen LogP contribution is 2.28. The van der Waals surface area contributed by atoms with E-state index in [0.717, 1.165) is 0 Å². The number of benzene rings is 2. The molecule has 1 heterocycles. The minimum atomic E-state index is -3.81. The zero-order chi connectivity index (χ0) is 21.6. The van der Waals surface area contributed by atoms with Gasteiger partial charge < -0.3 is 20.6 Å². The topological polar surface area (TPSA) is 123 Å². The number of ether oxygens (including phenoxy) is 1. The van der Waals surface area contributed by atoms with E-state index in [2.05, 4.69) is 10.5 Å². The van der Waals surface area contributed by atoms with E-state index < -0.39 is 22.5 Å². The van der Waals surface area contributed by atoms with E-state index in [-0.39, 0.29) is 34.5 Å². The highest BCUT2D eigenvalue weighted by Gasteiger charge is 2.28. The molecule has 1 aliphatic rings. The van der Waals surface area contributed by atoms with Crippen molar-refractivity contribution in [2.45, 2.75) is 4.90 Å². The number of amides is 1. The highest BCUT2D eigenvalue weighted by molar-refractivity contribution is 7.89. The first-order valence-corrected chi connectivity index (χ1v) is 10.9. The van der Waals surface area contributed by atoms with Gasteiger partial charge in [-0.05, 0) is 18.2 Å². The second-order valence-electron chi connectivity index (χ2n) is 6.33. The van der Waals surface area contributed by atoms with Crippen LogP contribution in [0.5, 0.6) is 0 Å². The van der Waals surface area contributed by atoms with Crippen molar-refractivity contribution >= 4 is 39.1 Å². The lowest BCUT2D eigenvalue weighted by atomic mass is 10.2. The van der Waals surface area contributed by atoms with Crippen LogP contribution in [-0.2, 0) is 24.4 Å². The van der Waals surface area contributed by atoms with Gasteiger partial charge in [0.15, 0.2) is 12.4 Å². The summed E-state index contributed by atoms with van der Waals surface area (Å²) in [7, 11) is -3.81. The van der Waals surface area contributed by atoms with E-state index in [9.17, 15) is 13.2 Å². The average molecular weight is 453 g/mol. The molecule has 9 nitrogen and oxygen atoms in total. The van der Waals surface area contributed by atoms with Crippen molar-refractivity contribution in [1.29, 1.82) is 0 Å². The summed E-state index contributed by atoms with van der Waals surface area (Å²) < 4.78 is 32.2. The number of nitrogens with zero attached hydrogens (tertiary/aromatic N) is 2. The van der Waals surface area contributed by atoms with E-state index in [1.807, 2.05) is 6.07 Å². The van der Waals surface area contributed by atoms with Gasteiger partial charge in [0.05, 0.1) is 18.2 Å². The van der Waals surface area contributed by atoms with Crippen LogP contribution in [0.3, 0.4) is 0 Å². The number of hydrogen-bond donors (Lipinski definition) is 2. The van der Waals surface area contributed by atoms with Gasteiger partial charge in [0.2, 0.25) is 10.0 Å². The molecule has 1 amide bonds. The first-order valence-electron chi connectivity index (χ1n) is 9.06. The first kappa shape index (κ1) is 22.0. The molecule has 3 N–H and O–H groups in total. The van der Waals surface area contributed by atoms with E-state index in [1.165, 1.54) is 22.5 Å². The van der Waals surface area contributed by atoms with Crippen LogP contribution in [-0.4, -0.2) is 57.4 Å². The molecule has 1 aliphatic heterocycles. The summed E-state index contributed by atoms with van der Waals surface area (Å²) in [5.41, 5.74) is 6.71. The molecule has 3 rings (SSSR count). The molecular weight excluding hydrogens is 432 g/mol. The predicted molar refractivity (Wildman–Crippen MR) is 113 cm³/mol. The van der Waals surface area contributed by atoms with Gasteiger partial charge in [0, 0.05) is 24.3 Å². The van der Waals surface area contributed by atoms with Gasteiger partial charge in [-0.15, -0.1) is 0 Å². The zero-order valence-corrected chi connectivity index (χ0v) is 17.5. The maximum absolute atomic E-state index is 12.8. The lowest BCUT2D eigenvalue weighted by molar-refractivity contribution is -0.120. The number of hydrogen-bond acceptors (Lipinski definition) is 6. The number of carbonyl (C=O) groups is 1. The SMILES string of the molecule is N/C(=N\OCC(=O)Nc1ccc(Cl)c(S(=O)(=O)N2CCOCC2)c1)c1ccccc1. The monoisotopic (exact) mass is 452 g/mol. The number of nitrogens with one attached hydrogen (secondary N) is 1. The van der Waals surface area contributed by atoms with Crippen molar-refractivity contribution in [3.05, 3.63) is 59.1 Å². The Morgan fingerprint density at radius 1 is 1.20 bits per heavy atom. The van der Waals surface area contributed by atoms with Crippen LogP contribution in [0.25, 0.3) is 0 Å². The number of rotatable bonds is 7. The summed E-state index contributed by atoms with van der Waals surface area (Å²) in [6.45, 7) is 0.712. The average Bonchev–Trinajstić information content (AvgIpc) is 2.76. The Hall–Kier alpha value is -2.66. The molecule has 1 fully saturated rings. The number of anilines is 1. The third kappa shape index (κ3) is 5.48. The summed E-state index contributed by atoms with van der Waals surface area (Å²) in [5, 5.41) is 6.33. The summed E-state index contributed by atoms with van der Waals surface area (Å²) in [6, 6.07) is 13.2. The fraction of sp³-hybridized carbons (Fsp3) is 0.263. The molecule has 0 aliphatic carbocycles. The molecule has 2 aromatic carbocycles. The van der Waals surface area contributed by atoms with Crippen LogP contribution in [0.15, 0.2) is 58.6 Å². The molecule has 1 saturated heterocycles. The molecule has 30 heavy (non-hydrogen) atoms. The van der Waals surface area contributed by atoms with Gasteiger partial charge in [-0.3, -0.25) is 4.79 Å². The normalized spacial score (nSPS) is 15.6. The number of nitrogens with two attached hydrogens (primary N) is 1. The Balaban J connectivity index is 1.64.